The molecular formula is C8H16N2O4. The maximum atomic E-state index is 11.3. The van der Waals surface area contributed by atoms with Crippen LogP contribution in [0.15, 0.2) is 0 Å². The van der Waals surface area contributed by atoms with Gasteiger partial charge >= 0.3 is 11.9 Å². The number of carbonyl (C=O) groups is 2. The highest BCUT2D eigenvalue weighted by Crippen LogP contribution is 1.98. The van der Waals surface area contributed by atoms with E-state index >= 15 is 0 Å². The molecule has 0 aliphatic heterocycles. The highest BCUT2D eigenvalue weighted by Gasteiger charge is 2.32. The van der Waals surface area contributed by atoms with Gasteiger partial charge in [0.25, 0.3) is 0 Å². The molecule has 0 aromatic rings. The van der Waals surface area contributed by atoms with Crippen molar-refractivity contribution in [1.82, 2.24) is 5.01 Å². The van der Waals surface area contributed by atoms with E-state index in [2.05, 4.69) is 9.47 Å². The van der Waals surface area contributed by atoms with Crippen molar-refractivity contribution in [3.8, 4) is 0 Å². The van der Waals surface area contributed by atoms with Crippen molar-refractivity contribution in [2.75, 3.05) is 20.3 Å². The smallest absolute Gasteiger partial charge is 0.336 e. The highest BCUT2D eigenvalue weighted by atomic mass is 16.6. The molecule has 0 radical (unpaired) electrons. The molecule has 0 heterocycles. The lowest BCUT2D eigenvalue weighted by Crippen LogP contribution is -2.49. The summed E-state index contributed by atoms with van der Waals surface area (Å²) in [6.45, 7) is 3.69. The Morgan fingerprint density at radius 1 is 1.21 bits per heavy atom. The van der Waals surface area contributed by atoms with Crippen LogP contribution in [-0.2, 0) is 19.1 Å². The van der Waals surface area contributed by atoms with Crippen LogP contribution in [0.25, 0.3) is 0 Å². The summed E-state index contributed by atoms with van der Waals surface area (Å²) in [7, 11) is 1.40. The van der Waals surface area contributed by atoms with E-state index in [9.17, 15) is 9.59 Å². The maximum Gasteiger partial charge on any atom is 0.336 e. The third-order valence-electron chi connectivity index (χ3n) is 1.43. The molecule has 14 heavy (non-hydrogen) atoms. The van der Waals surface area contributed by atoms with Gasteiger partial charge < -0.3 is 9.47 Å². The first-order chi connectivity index (χ1) is 6.54. The van der Waals surface area contributed by atoms with Gasteiger partial charge in [0, 0.05) is 7.05 Å². The Hall–Kier alpha value is -1.14. The number of hydrogen-bond donors (Lipinski definition) is 1. The van der Waals surface area contributed by atoms with E-state index in [1.807, 2.05) is 0 Å². The molecule has 0 saturated carbocycles. The van der Waals surface area contributed by atoms with Gasteiger partial charge in [0.1, 0.15) is 0 Å². The van der Waals surface area contributed by atoms with E-state index in [0.29, 0.717) is 0 Å². The van der Waals surface area contributed by atoms with Crippen LogP contribution in [0.4, 0.5) is 0 Å². The summed E-state index contributed by atoms with van der Waals surface area (Å²) < 4.78 is 9.34. The quantitative estimate of drug-likeness (QED) is 0.275. The molecule has 0 saturated heterocycles. The van der Waals surface area contributed by atoms with E-state index < -0.39 is 18.0 Å². The Kier molecular flexibility index (Phi) is 5.82. The van der Waals surface area contributed by atoms with Gasteiger partial charge in [0.05, 0.1) is 13.2 Å². The molecule has 6 heteroatoms. The average molecular weight is 204 g/mol. The maximum absolute atomic E-state index is 11.3. The van der Waals surface area contributed by atoms with Crippen molar-refractivity contribution in [2.24, 2.45) is 5.84 Å². The predicted octanol–water partition coefficient (Wildman–Crippen LogP) is -0.713. The summed E-state index contributed by atoms with van der Waals surface area (Å²) in [6.07, 6.45) is 0. The number of nitrogens with two attached hydrogens (primary N) is 1. The zero-order valence-electron chi connectivity index (χ0n) is 8.65. The minimum absolute atomic E-state index is 0.197. The second-order valence-electron chi connectivity index (χ2n) is 2.57. The topological polar surface area (TPSA) is 81.9 Å². The fourth-order valence-corrected chi connectivity index (χ4v) is 0.871. The minimum atomic E-state index is -1.19. The number of hydrazine groups is 1. The highest BCUT2D eigenvalue weighted by molar-refractivity contribution is 5.99. The molecule has 0 aromatic carbocycles. The molecule has 2 N–H and O–H groups in total. The van der Waals surface area contributed by atoms with E-state index in [4.69, 9.17) is 5.84 Å². The molecule has 0 rings (SSSR count). The molecule has 0 amide bonds. The second-order valence-corrected chi connectivity index (χ2v) is 2.57. The second kappa shape index (κ2) is 6.33. The molecule has 0 fully saturated rings. The Balaban J connectivity index is 4.42. The van der Waals surface area contributed by atoms with Crippen LogP contribution in [0.1, 0.15) is 13.8 Å². The van der Waals surface area contributed by atoms with Gasteiger partial charge in [-0.2, -0.15) is 0 Å². The first kappa shape index (κ1) is 12.9. The Morgan fingerprint density at radius 3 is 1.79 bits per heavy atom. The van der Waals surface area contributed by atoms with Gasteiger partial charge in [0.15, 0.2) is 0 Å². The molecule has 82 valence electrons. The fraction of sp³-hybridized carbons (Fsp3) is 0.750. The van der Waals surface area contributed by atoms with E-state index in [1.165, 1.54) is 7.05 Å². The lowest BCUT2D eigenvalue weighted by molar-refractivity contribution is -0.162. The monoisotopic (exact) mass is 204 g/mol. The van der Waals surface area contributed by atoms with Gasteiger partial charge in [-0.3, -0.25) is 5.84 Å². The lowest BCUT2D eigenvalue weighted by Gasteiger charge is -2.19. The summed E-state index contributed by atoms with van der Waals surface area (Å²) in [5.41, 5.74) is 0. The SMILES string of the molecule is CCOC(=O)C(C(=O)OCC)N(C)N. The van der Waals surface area contributed by atoms with Crippen LogP contribution in [0.2, 0.25) is 0 Å². The normalized spacial score (nSPS) is 10.4. The molecule has 6 nitrogen and oxygen atoms in total. The molecular weight excluding hydrogens is 188 g/mol. The Bertz CT molecular complexity index is 188. The third kappa shape index (κ3) is 3.71. The summed E-state index contributed by atoms with van der Waals surface area (Å²) in [5.74, 6) is 3.93. The predicted molar refractivity (Wildman–Crippen MR) is 49.0 cm³/mol. The minimum Gasteiger partial charge on any atom is -0.464 e. The van der Waals surface area contributed by atoms with Crippen LogP contribution in [0.3, 0.4) is 0 Å². The molecule has 0 spiro atoms. The summed E-state index contributed by atoms with van der Waals surface area (Å²) in [6, 6.07) is -1.19. The summed E-state index contributed by atoms with van der Waals surface area (Å²) in [4.78, 5) is 22.5. The largest absolute Gasteiger partial charge is 0.464 e. The number of nitrogens with zero attached hydrogens (tertiary/aromatic N) is 1. The number of ether oxygens (including phenoxy) is 2. The van der Waals surface area contributed by atoms with Gasteiger partial charge in [-0.25, -0.2) is 14.6 Å². The average Bonchev–Trinajstić information content (AvgIpc) is 2.04. The molecule has 0 bridgehead atoms. The molecule has 0 atom stereocenters. The van der Waals surface area contributed by atoms with Crippen LogP contribution in [0, 0.1) is 0 Å². The number of hydrogen-bond acceptors (Lipinski definition) is 6. The van der Waals surface area contributed by atoms with Crippen LogP contribution in [0.5, 0.6) is 0 Å². The summed E-state index contributed by atoms with van der Waals surface area (Å²) in [5, 5.41) is 0.968. The van der Waals surface area contributed by atoms with Crippen LogP contribution >= 0.6 is 0 Å². The standard InChI is InChI=1S/C8H16N2O4/c1-4-13-7(11)6(10(3)9)8(12)14-5-2/h6H,4-5,9H2,1-3H3. The van der Waals surface area contributed by atoms with E-state index in [0.717, 1.165) is 5.01 Å². The van der Waals surface area contributed by atoms with Gasteiger partial charge in [0.2, 0.25) is 6.04 Å². The van der Waals surface area contributed by atoms with E-state index in [1.54, 1.807) is 13.8 Å². The van der Waals surface area contributed by atoms with Gasteiger partial charge in [-0.05, 0) is 13.8 Å². The fourth-order valence-electron chi connectivity index (χ4n) is 0.871. The van der Waals surface area contributed by atoms with Crippen molar-refractivity contribution in [1.29, 1.82) is 0 Å². The number of esters is 2. The van der Waals surface area contributed by atoms with Crippen molar-refractivity contribution >= 4 is 11.9 Å². The molecule has 0 aromatic heterocycles. The number of rotatable bonds is 5. The summed E-state index contributed by atoms with van der Waals surface area (Å²) >= 11 is 0. The Morgan fingerprint density at radius 2 is 1.57 bits per heavy atom. The van der Waals surface area contributed by atoms with Gasteiger partial charge in [-0.15, -0.1) is 0 Å². The van der Waals surface area contributed by atoms with Gasteiger partial charge in [-0.1, -0.05) is 0 Å². The zero-order chi connectivity index (χ0) is 11.1. The molecule has 0 aliphatic rings. The third-order valence-corrected chi connectivity index (χ3v) is 1.43. The first-order valence-electron chi connectivity index (χ1n) is 4.35. The number of carbonyl (C=O) groups excluding carboxylic acids is 2. The van der Waals surface area contributed by atoms with Crippen molar-refractivity contribution in [2.45, 2.75) is 19.9 Å². The van der Waals surface area contributed by atoms with Crippen molar-refractivity contribution in [3.05, 3.63) is 0 Å². The lowest BCUT2D eigenvalue weighted by atomic mass is 10.3. The number of likely N-dealkylation sites (N-methyl/N-ethyl adjacent to an activating group) is 1. The first-order valence-corrected chi connectivity index (χ1v) is 4.35. The molecule has 0 aliphatic carbocycles. The van der Waals surface area contributed by atoms with Crippen LogP contribution < -0.4 is 5.84 Å². The van der Waals surface area contributed by atoms with Crippen molar-refractivity contribution < 1.29 is 19.1 Å². The van der Waals surface area contributed by atoms with E-state index in [-0.39, 0.29) is 13.2 Å². The van der Waals surface area contributed by atoms with Crippen molar-refractivity contribution in [3.63, 3.8) is 0 Å². The molecule has 0 unspecified atom stereocenters. The zero-order valence-corrected chi connectivity index (χ0v) is 8.65. The Labute approximate surface area is 82.9 Å². The van der Waals surface area contributed by atoms with Crippen LogP contribution in [-0.4, -0.2) is 43.3 Å².